The van der Waals surface area contributed by atoms with Gasteiger partial charge in [0, 0.05) is 10.9 Å². The maximum Gasteiger partial charge on any atom is 0.355 e. The molecule has 0 fully saturated rings. The maximum absolute atomic E-state index is 11.0. The van der Waals surface area contributed by atoms with Crippen LogP contribution in [0.3, 0.4) is 0 Å². The molecule has 0 aliphatic heterocycles. The van der Waals surface area contributed by atoms with Crippen molar-refractivity contribution in [3.63, 3.8) is 0 Å². The van der Waals surface area contributed by atoms with Crippen LogP contribution in [-0.2, 0) is 6.42 Å². The van der Waals surface area contributed by atoms with Crippen LogP contribution in [-0.4, -0.2) is 25.8 Å². The number of hydrogen-bond donors (Lipinski definition) is 1. The molecule has 2 heterocycles. The lowest BCUT2D eigenvalue weighted by molar-refractivity contribution is 0.0691. The van der Waals surface area contributed by atoms with Gasteiger partial charge in [0.2, 0.25) is 5.13 Å². The van der Waals surface area contributed by atoms with Crippen LogP contribution in [0.2, 0.25) is 0 Å². The monoisotopic (exact) mass is 338 g/mol. The Bertz CT molecular complexity index is 965. The Balaban J connectivity index is 2.08. The number of rotatable bonds is 4. The van der Waals surface area contributed by atoms with Crippen LogP contribution in [0.4, 0.5) is 0 Å². The van der Waals surface area contributed by atoms with Crippen molar-refractivity contribution in [2.24, 2.45) is 0 Å². The van der Waals surface area contributed by atoms with Gasteiger partial charge in [-0.15, -0.1) is 11.3 Å². The van der Waals surface area contributed by atoms with E-state index in [4.69, 9.17) is 10.4 Å². The number of aromatic carboxylic acids is 1. The van der Waals surface area contributed by atoms with E-state index >= 15 is 0 Å². The van der Waals surface area contributed by atoms with Gasteiger partial charge in [0.05, 0.1) is 23.9 Å². The van der Waals surface area contributed by atoms with Crippen LogP contribution < -0.4 is 0 Å². The molecule has 3 rings (SSSR count). The molecule has 0 aliphatic rings. The molecular weight excluding hydrogens is 324 g/mol. The van der Waals surface area contributed by atoms with Gasteiger partial charge in [-0.1, -0.05) is 12.1 Å². The summed E-state index contributed by atoms with van der Waals surface area (Å²) >= 11 is 1.18. The average molecular weight is 338 g/mol. The van der Waals surface area contributed by atoms with E-state index in [1.165, 1.54) is 22.3 Å². The predicted octanol–water partition coefficient (Wildman–Crippen LogP) is 3.38. The zero-order chi connectivity index (χ0) is 17.3. The summed E-state index contributed by atoms with van der Waals surface area (Å²) in [5.41, 5.74) is 4.69. The standard InChI is InChI=1S/C17H14N4O2S/c1-10-3-4-12(7-11(10)2)14-8-13(5-6-18)21(20-14)17-19-15(9-24-17)16(22)23/h3-4,7-9H,5H2,1-2H3,(H,22,23). The molecule has 0 amide bonds. The Morgan fingerprint density at radius 2 is 2.12 bits per heavy atom. The molecule has 24 heavy (non-hydrogen) atoms. The van der Waals surface area contributed by atoms with E-state index in [-0.39, 0.29) is 12.1 Å². The third-order valence-electron chi connectivity index (χ3n) is 3.74. The Labute approximate surface area is 142 Å². The van der Waals surface area contributed by atoms with Crippen molar-refractivity contribution in [1.29, 1.82) is 5.26 Å². The number of carboxylic acid groups (broad SMARTS) is 1. The molecule has 6 nitrogen and oxygen atoms in total. The SMILES string of the molecule is Cc1ccc(-c2cc(CC#N)n(-c3nc(C(=O)O)cs3)n2)cc1C. The fourth-order valence-corrected chi connectivity index (χ4v) is 3.07. The van der Waals surface area contributed by atoms with Crippen LogP contribution >= 0.6 is 11.3 Å². The third-order valence-corrected chi connectivity index (χ3v) is 4.55. The third kappa shape index (κ3) is 2.92. The minimum Gasteiger partial charge on any atom is -0.476 e. The highest BCUT2D eigenvalue weighted by Crippen LogP contribution is 2.25. The highest BCUT2D eigenvalue weighted by Gasteiger charge is 2.16. The van der Waals surface area contributed by atoms with Crippen molar-refractivity contribution in [3.8, 4) is 22.5 Å². The van der Waals surface area contributed by atoms with E-state index < -0.39 is 5.97 Å². The molecule has 3 aromatic rings. The van der Waals surface area contributed by atoms with Crippen molar-refractivity contribution < 1.29 is 9.90 Å². The summed E-state index contributed by atoms with van der Waals surface area (Å²) in [7, 11) is 0. The van der Waals surface area contributed by atoms with E-state index in [0.29, 0.717) is 10.8 Å². The van der Waals surface area contributed by atoms with Crippen LogP contribution in [0.25, 0.3) is 16.4 Å². The van der Waals surface area contributed by atoms with E-state index in [1.54, 1.807) is 4.68 Å². The highest BCUT2D eigenvalue weighted by atomic mass is 32.1. The second-order valence-corrected chi connectivity index (χ2v) is 6.22. The van der Waals surface area contributed by atoms with Gasteiger partial charge in [0.15, 0.2) is 5.69 Å². The zero-order valence-electron chi connectivity index (χ0n) is 13.1. The molecule has 0 saturated heterocycles. The minimum atomic E-state index is -1.08. The van der Waals surface area contributed by atoms with Crippen LogP contribution in [0.15, 0.2) is 29.6 Å². The molecule has 0 spiro atoms. The first-order valence-electron chi connectivity index (χ1n) is 7.22. The summed E-state index contributed by atoms with van der Waals surface area (Å²) in [5, 5.41) is 24.5. The van der Waals surface area contributed by atoms with Gasteiger partial charge in [-0.3, -0.25) is 0 Å². The van der Waals surface area contributed by atoms with Gasteiger partial charge in [0.25, 0.3) is 0 Å². The van der Waals surface area contributed by atoms with Crippen LogP contribution in [0, 0.1) is 25.2 Å². The number of hydrogen-bond acceptors (Lipinski definition) is 5. The predicted molar refractivity (Wildman–Crippen MR) is 90.4 cm³/mol. The Hall–Kier alpha value is -2.98. The minimum absolute atomic E-state index is 0.0267. The highest BCUT2D eigenvalue weighted by molar-refractivity contribution is 7.12. The molecule has 0 unspecified atom stereocenters. The first-order chi connectivity index (χ1) is 11.5. The lowest BCUT2D eigenvalue weighted by Crippen LogP contribution is -2.03. The average Bonchev–Trinajstić information content (AvgIpc) is 3.17. The second-order valence-electron chi connectivity index (χ2n) is 5.39. The first kappa shape index (κ1) is 15.9. The van der Waals surface area contributed by atoms with E-state index in [0.717, 1.165) is 16.8 Å². The number of carboxylic acids is 1. The number of carbonyl (C=O) groups is 1. The second kappa shape index (κ2) is 6.26. The van der Waals surface area contributed by atoms with Crippen molar-refractivity contribution in [3.05, 3.63) is 52.2 Å². The summed E-state index contributed by atoms with van der Waals surface area (Å²) in [6.45, 7) is 4.08. The summed E-state index contributed by atoms with van der Waals surface area (Å²) in [5.74, 6) is -1.08. The molecular formula is C17H14N4O2S. The quantitative estimate of drug-likeness (QED) is 0.787. The lowest BCUT2D eigenvalue weighted by atomic mass is 10.0. The van der Waals surface area contributed by atoms with Crippen molar-refractivity contribution >= 4 is 17.3 Å². The van der Waals surface area contributed by atoms with Gasteiger partial charge < -0.3 is 5.11 Å². The van der Waals surface area contributed by atoms with Crippen LogP contribution in [0.1, 0.15) is 27.3 Å². The molecule has 1 aromatic carbocycles. The summed E-state index contributed by atoms with van der Waals surface area (Å²) in [6.07, 6.45) is 0.166. The molecule has 1 N–H and O–H groups in total. The first-order valence-corrected chi connectivity index (χ1v) is 8.10. The summed E-state index contributed by atoms with van der Waals surface area (Å²) < 4.78 is 1.55. The molecule has 2 aromatic heterocycles. The summed E-state index contributed by atoms with van der Waals surface area (Å²) in [6, 6.07) is 10.0. The van der Waals surface area contributed by atoms with Gasteiger partial charge >= 0.3 is 5.97 Å². The molecule has 0 radical (unpaired) electrons. The topological polar surface area (TPSA) is 91.8 Å². The van der Waals surface area contributed by atoms with Crippen LogP contribution in [0.5, 0.6) is 0 Å². The summed E-state index contributed by atoms with van der Waals surface area (Å²) in [4.78, 5) is 15.1. The van der Waals surface area contributed by atoms with E-state index in [1.807, 2.05) is 38.1 Å². The lowest BCUT2D eigenvalue weighted by Gasteiger charge is -2.02. The fourth-order valence-electron chi connectivity index (χ4n) is 2.29. The smallest absolute Gasteiger partial charge is 0.355 e. The van der Waals surface area contributed by atoms with Crippen molar-refractivity contribution in [2.45, 2.75) is 20.3 Å². The molecule has 7 heteroatoms. The molecule has 0 bridgehead atoms. The number of nitrogens with zero attached hydrogens (tertiary/aromatic N) is 4. The van der Waals surface area contributed by atoms with Gasteiger partial charge in [-0.2, -0.15) is 10.4 Å². The zero-order valence-corrected chi connectivity index (χ0v) is 14.0. The van der Waals surface area contributed by atoms with E-state index in [2.05, 4.69) is 16.2 Å². The number of nitriles is 1. The maximum atomic E-state index is 11.0. The number of benzene rings is 1. The Morgan fingerprint density at radius 1 is 1.33 bits per heavy atom. The molecule has 120 valence electrons. The van der Waals surface area contributed by atoms with Crippen molar-refractivity contribution in [2.75, 3.05) is 0 Å². The Morgan fingerprint density at radius 3 is 2.75 bits per heavy atom. The molecule has 0 atom stereocenters. The van der Waals surface area contributed by atoms with Gasteiger partial charge in [0.1, 0.15) is 0 Å². The van der Waals surface area contributed by atoms with Gasteiger partial charge in [-0.05, 0) is 37.1 Å². The fraction of sp³-hybridized carbons (Fsp3) is 0.176. The number of aryl methyl sites for hydroxylation is 2. The normalized spacial score (nSPS) is 10.5. The molecule has 0 saturated carbocycles. The van der Waals surface area contributed by atoms with Crippen molar-refractivity contribution in [1.82, 2.24) is 14.8 Å². The van der Waals surface area contributed by atoms with E-state index in [9.17, 15) is 4.79 Å². The van der Waals surface area contributed by atoms with Gasteiger partial charge in [-0.25, -0.2) is 14.5 Å². The molecule has 0 aliphatic carbocycles. The largest absolute Gasteiger partial charge is 0.476 e. The Kier molecular flexibility index (Phi) is 4.15. The number of aromatic nitrogens is 3. The number of thiazole rings is 1.